The monoisotopic (exact) mass is 582 g/mol. The van der Waals surface area contributed by atoms with E-state index < -0.39 is 30.2 Å². The molecule has 0 amide bonds. The Bertz CT molecular complexity index is 1470. The number of rotatable bonds is 8. The van der Waals surface area contributed by atoms with Gasteiger partial charge < -0.3 is 39.0 Å². The molecule has 4 atom stereocenters. The van der Waals surface area contributed by atoms with Crippen LogP contribution in [0.15, 0.2) is 48.5 Å². The summed E-state index contributed by atoms with van der Waals surface area (Å²) in [5, 5.41) is 31.2. The number of Topliss-reactive ketones (excluding diaryl/α,β-unsaturated/α-hetero) is 1. The molecule has 3 N–H and O–H groups in total. The van der Waals surface area contributed by atoms with Crippen molar-refractivity contribution in [2.45, 2.75) is 37.8 Å². The maximum absolute atomic E-state index is 13.0. The van der Waals surface area contributed by atoms with E-state index >= 15 is 0 Å². The third kappa shape index (κ3) is 5.73. The van der Waals surface area contributed by atoms with Crippen molar-refractivity contribution in [3.8, 4) is 34.5 Å². The van der Waals surface area contributed by atoms with Crippen LogP contribution in [0.2, 0.25) is 0 Å². The van der Waals surface area contributed by atoms with Crippen LogP contribution in [0.4, 0.5) is 0 Å². The molecule has 0 bridgehead atoms. The molecule has 3 aromatic rings. The summed E-state index contributed by atoms with van der Waals surface area (Å²) < 4.78 is 29.3. The molecule has 41 heavy (non-hydrogen) atoms. The highest BCUT2D eigenvalue weighted by molar-refractivity contribution is 7.98. The molecule has 3 aromatic carbocycles. The maximum Gasteiger partial charge on any atom is 0.306 e. The highest BCUT2D eigenvalue weighted by Gasteiger charge is 2.40. The van der Waals surface area contributed by atoms with Crippen LogP contribution in [0.3, 0.4) is 0 Å². The number of fused-ring (bicyclic) bond motifs is 2. The number of aliphatic hydroxyl groups is 1. The summed E-state index contributed by atoms with van der Waals surface area (Å²) in [4.78, 5) is 25.2. The number of ketones is 1. The third-order valence-corrected chi connectivity index (χ3v) is 7.51. The van der Waals surface area contributed by atoms with Crippen LogP contribution < -0.4 is 18.9 Å². The standard InChI is InChI=1S/C30H30O10S/c1-15-10-19(32)26-23(11-15)40-30(28(35)27(26)34)17-5-7-20-22(13-17)39-29(16-4-6-18(31)21(12-16)36-2)24(38-20)14-37-25(33)8-9-41-3/h4-7,10-13,24,28-32,35H,8-9,14H2,1-3H3/t24?,28-,29?,30+/m0/s1. The van der Waals surface area contributed by atoms with Crippen molar-refractivity contribution in [1.29, 1.82) is 0 Å². The second kappa shape index (κ2) is 11.8. The Labute approximate surface area is 240 Å². The number of phenolic OH excluding ortho intramolecular Hbond substituents is 2. The van der Waals surface area contributed by atoms with Crippen molar-refractivity contribution in [2.24, 2.45) is 0 Å². The first kappa shape index (κ1) is 28.4. The molecule has 0 aromatic heterocycles. The molecule has 2 aliphatic rings. The van der Waals surface area contributed by atoms with Crippen molar-refractivity contribution >= 4 is 23.5 Å². The van der Waals surface area contributed by atoms with E-state index in [0.29, 0.717) is 33.9 Å². The molecule has 10 nitrogen and oxygen atoms in total. The lowest BCUT2D eigenvalue weighted by Crippen LogP contribution is -2.38. The fraction of sp³-hybridized carbons (Fsp3) is 0.333. The number of thioether (sulfide) groups is 1. The van der Waals surface area contributed by atoms with Gasteiger partial charge in [-0.1, -0.05) is 12.1 Å². The Morgan fingerprint density at radius 2 is 1.66 bits per heavy atom. The molecular weight excluding hydrogens is 552 g/mol. The van der Waals surface area contributed by atoms with Gasteiger partial charge in [0, 0.05) is 11.3 Å². The summed E-state index contributed by atoms with van der Waals surface area (Å²) >= 11 is 1.54. The SMILES string of the molecule is COc1cc(C2Oc3cc([C@H]4Oc5cc(C)cc(O)c5C(=O)[C@@H]4O)ccc3OC2COC(=O)CCSC)ccc1O. The predicted molar refractivity (Wildman–Crippen MR) is 149 cm³/mol. The quantitative estimate of drug-likeness (QED) is 0.328. The zero-order valence-electron chi connectivity index (χ0n) is 22.7. The van der Waals surface area contributed by atoms with E-state index in [9.17, 15) is 24.9 Å². The number of hydrogen-bond acceptors (Lipinski definition) is 11. The molecular formula is C30H30O10S. The van der Waals surface area contributed by atoms with Crippen molar-refractivity contribution in [3.63, 3.8) is 0 Å². The highest BCUT2D eigenvalue weighted by Crippen LogP contribution is 2.45. The first-order valence-electron chi connectivity index (χ1n) is 12.9. The molecule has 0 radical (unpaired) electrons. The van der Waals surface area contributed by atoms with E-state index in [1.807, 2.05) is 6.26 Å². The van der Waals surface area contributed by atoms with Crippen LogP contribution in [0, 0.1) is 6.92 Å². The van der Waals surface area contributed by atoms with E-state index in [4.69, 9.17) is 23.7 Å². The Morgan fingerprint density at radius 3 is 2.41 bits per heavy atom. The molecule has 2 aliphatic heterocycles. The normalized spacial score (nSPS) is 21.0. The molecule has 5 rings (SSSR count). The molecule has 0 spiro atoms. The molecule has 0 saturated carbocycles. The van der Waals surface area contributed by atoms with Gasteiger partial charge in [0.2, 0.25) is 5.78 Å². The van der Waals surface area contributed by atoms with Gasteiger partial charge in [-0.2, -0.15) is 11.8 Å². The highest BCUT2D eigenvalue weighted by atomic mass is 32.2. The van der Waals surface area contributed by atoms with Gasteiger partial charge in [0.1, 0.15) is 23.7 Å². The number of ether oxygens (including phenoxy) is 5. The van der Waals surface area contributed by atoms with Crippen LogP contribution in [-0.2, 0) is 9.53 Å². The topological polar surface area (TPSA) is 141 Å². The number of aryl methyl sites for hydroxylation is 1. The number of methoxy groups -OCH3 is 1. The lowest BCUT2D eigenvalue weighted by molar-refractivity contribution is -0.148. The van der Waals surface area contributed by atoms with E-state index in [1.165, 1.54) is 31.0 Å². The zero-order valence-corrected chi connectivity index (χ0v) is 23.5. The predicted octanol–water partition coefficient (Wildman–Crippen LogP) is 4.27. The number of carbonyl (C=O) groups is 2. The van der Waals surface area contributed by atoms with Gasteiger partial charge in [-0.25, -0.2) is 0 Å². The van der Waals surface area contributed by atoms with Crippen molar-refractivity contribution in [1.82, 2.24) is 0 Å². The molecule has 0 fully saturated rings. The van der Waals surface area contributed by atoms with Gasteiger partial charge in [0.15, 0.2) is 47.4 Å². The minimum absolute atomic E-state index is 0.0506. The van der Waals surface area contributed by atoms with Gasteiger partial charge in [0.05, 0.1) is 13.5 Å². The minimum Gasteiger partial charge on any atom is -0.507 e. The summed E-state index contributed by atoms with van der Waals surface area (Å²) in [5.74, 6) is 0.402. The van der Waals surface area contributed by atoms with E-state index in [0.717, 1.165) is 0 Å². The average Bonchev–Trinajstić information content (AvgIpc) is 2.96. The first-order valence-corrected chi connectivity index (χ1v) is 14.3. The molecule has 2 heterocycles. The largest absolute Gasteiger partial charge is 0.507 e. The van der Waals surface area contributed by atoms with Gasteiger partial charge in [-0.15, -0.1) is 0 Å². The summed E-state index contributed by atoms with van der Waals surface area (Å²) in [7, 11) is 1.43. The molecule has 0 aliphatic carbocycles. The van der Waals surface area contributed by atoms with E-state index in [-0.39, 0.29) is 47.6 Å². The van der Waals surface area contributed by atoms with Crippen molar-refractivity contribution in [2.75, 3.05) is 25.7 Å². The molecule has 216 valence electrons. The number of hydrogen-bond donors (Lipinski definition) is 3. The average molecular weight is 583 g/mol. The number of aliphatic hydroxyl groups excluding tert-OH is 1. The van der Waals surface area contributed by atoms with Crippen LogP contribution in [0.25, 0.3) is 0 Å². The van der Waals surface area contributed by atoms with Crippen LogP contribution >= 0.6 is 11.8 Å². The molecule has 11 heteroatoms. The van der Waals surface area contributed by atoms with Crippen LogP contribution in [-0.4, -0.2) is 65.0 Å². The first-order chi connectivity index (χ1) is 19.7. The maximum atomic E-state index is 13.0. The number of carbonyl (C=O) groups excluding carboxylic acids is 2. The molecule has 2 unspecified atom stereocenters. The number of phenols is 2. The van der Waals surface area contributed by atoms with Gasteiger partial charge in [0.25, 0.3) is 0 Å². The lowest BCUT2D eigenvalue weighted by atomic mass is 9.92. The smallest absolute Gasteiger partial charge is 0.306 e. The molecule has 0 saturated heterocycles. The second-order valence-corrected chi connectivity index (χ2v) is 10.7. The van der Waals surface area contributed by atoms with Crippen molar-refractivity contribution in [3.05, 3.63) is 70.8 Å². The van der Waals surface area contributed by atoms with Gasteiger partial charge >= 0.3 is 5.97 Å². The second-order valence-electron chi connectivity index (χ2n) is 9.76. The zero-order chi connectivity index (χ0) is 29.3. The fourth-order valence-electron chi connectivity index (χ4n) is 4.85. The fourth-order valence-corrected chi connectivity index (χ4v) is 5.22. The Morgan fingerprint density at radius 1 is 0.927 bits per heavy atom. The van der Waals surface area contributed by atoms with Gasteiger partial charge in [-0.3, -0.25) is 9.59 Å². The van der Waals surface area contributed by atoms with Crippen LogP contribution in [0.5, 0.6) is 34.5 Å². The number of esters is 1. The van der Waals surface area contributed by atoms with Gasteiger partial charge in [-0.05, 0) is 60.7 Å². The lowest BCUT2D eigenvalue weighted by Gasteiger charge is -2.35. The van der Waals surface area contributed by atoms with E-state index in [2.05, 4.69) is 0 Å². The minimum atomic E-state index is -1.57. The van der Waals surface area contributed by atoms with Crippen molar-refractivity contribution < 1.29 is 48.6 Å². The van der Waals surface area contributed by atoms with Crippen LogP contribution in [0.1, 0.15) is 45.7 Å². The Kier molecular flexibility index (Phi) is 8.18. The summed E-state index contributed by atoms with van der Waals surface area (Å²) in [6.07, 6.45) is -1.95. The summed E-state index contributed by atoms with van der Waals surface area (Å²) in [6, 6.07) is 12.7. The summed E-state index contributed by atoms with van der Waals surface area (Å²) in [6.45, 7) is 1.67. The number of benzene rings is 3. The summed E-state index contributed by atoms with van der Waals surface area (Å²) in [5.41, 5.74) is 1.68. The Balaban J connectivity index is 1.46. The number of aromatic hydroxyl groups is 2. The Hall–Kier alpha value is -4.09. The third-order valence-electron chi connectivity index (χ3n) is 6.90. The van der Waals surface area contributed by atoms with E-state index in [1.54, 1.807) is 43.3 Å².